The van der Waals surface area contributed by atoms with Crippen molar-refractivity contribution in [1.82, 2.24) is 9.97 Å². The molecule has 2 heterocycles. The maximum Gasteiger partial charge on any atom is 0.171 e. The Hall–Kier alpha value is -1.42. The van der Waals surface area contributed by atoms with E-state index in [0.29, 0.717) is 0 Å². The number of hydrogen-bond donors (Lipinski definition) is 1. The van der Waals surface area contributed by atoms with E-state index in [1.807, 2.05) is 0 Å². The highest BCUT2D eigenvalue weighted by atomic mass is 32.1. The van der Waals surface area contributed by atoms with Crippen LogP contribution in [0.3, 0.4) is 0 Å². The molecule has 1 aliphatic carbocycles. The van der Waals surface area contributed by atoms with Gasteiger partial charge in [0.2, 0.25) is 0 Å². The Morgan fingerprint density at radius 2 is 2.17 bits per heavy atom. The molecule has 2 aromatic heterocycles. The summed E-state index contributed by atoms with van der Waals surface area (Å²) < 4.78 is 0. The minimum absolute atomic E-state index is 0.879. The normalized spacial score (nSPS) is 13.7. The van der Waals surface area contributed by atoms with E-state index in [-0.39, 0.29) is 0 Å². The fourth-order valence-corrected chi connectivity index (χ4v) is 3.21. The van der Waals surface area contributed by atoms with Gasteiger partial charge in [-0.1, -0.05) is 0 Å². The molecule has 94 valence electrons. The molecule has 2 aromatic rings. The fraction of sp³-hybridized carbons (Fsp3) is 0.429. The van der Waals surface area contributed by atoms with Crippen LogP contribution in [0.2, 0.25) is 0 Å². The molecule has 0 saturated heterocycles. The molecule has 3 nitrogen and oxygen atoms in total. The molecule has 0 aromatic carbocycles. The van der Waals surface area contributed by atoms with Crippen LogP contribution in [-0.4, -0.2) is 16.5 Å². The minimum atomic E-state index is 0.879. The Balaban J connectivity index is 2.08. The van der Waals surface area contributed by atoms with Crippen LogP contribution < -0.4 is 5.32 Å². The van der Waals surface area contributed by atoms with Crippen LogP contribution in [0.15, 0.2) is 12.1 Å². The van der Waals surface area contributed by atoms with Gasteiger partial charge in [-0.05, 0) is 45.2 Å². The largest absolute Gasteiger partial charge is 0.370 e. The van der Waals surface area contributed by atoms with Gasteiger partial charge in [0, 0.05) is 22.7 Å². The van der Waals surface area contributed by atoms with E-state index in [0.717, 1.165) is 31.0 Å². The molecule has 0 amide bonds. The van der Waals surface area contributed by atoms with Gasteiger partial charge in [0.25, 0.3) is 0 Å². The first-order valence-electron chi connectivity index (χ1n) is 6.48. The van der Waals surface area contributed by atoms with Crippen molar-refractivity contribution in [3.8, 4) is 10.7 Å². The van der Waals surface area contributed by atoms with E-state index in [4.69, 9.17) is 9.97 Å². The molecule has 1 aliphatic rings. The first kappa shape index (κ1) is 11.7. The van der Waals surface area contributed by atoms with E-state index in [2.05, 4.69) is 31.3 Å². The van der Waals surface area contributed by atoms with Crippen molar-refractivity contribution < 1.29 is 0 Å². The molecule has 0 spiro atoms. The van der Waals surface area contributed by atoms with Gasteiger partial charge in [0.15, 0.2) is 5.82 Å². The summed E-state index contributed by atoms with van der Waals surface area (Å²) in [5.74, 6) is 1.92. The number of aromatic nitrogens is 2. The molecular weight excluding hydrogens is 242 g/mol. The number of fused-ring (bicyclic) bond motifs is 1. The van der Waals surface area contributed by atoms with Crippen molar-refractivity contribution in [2.75, 3.05) is 11.9 Å². The maximum absolute atomic E-state index is 4.74. The van der Waals surface area contributed by atoms with Crippen molar-refractivity contribution in [3.05, 3.63) is 28.3 Å². The monoisotopic (exact) mass is 259 g/mol. The lowest BCUT2D eigenvalue weighted by Crippen LogP contribution is -2.06. The van der Waals surface area contributed by atoms with Crippen LogP contribution in [0, 0.1) is 6.92 Å². The number of aryl methyl sites for hydroxylation is 2. The first-order chi connectivity index (χ1) is 8.78. The predicted octanol–water partition coefficient (Wildman–Crippen LogP) is 3.43. The van der Waals surface area contributed by atoms with Crippen molar-refractivity contribution in [1.29, 1.82) is 0 Å². The Labute approximate surface area is 111 Å². The molecule has 0 atom stereocenters. The summed E-state index contributed by atoms with van der Waals surface area (Å²) in [7, 11) is 0. The lowest BCUT2D eigenvalue weighted by molar-refractivity contribution is 0.900. The first-order valence-corrected chi connectivity index (χ1v) is 7.30. The predicted molar refractivity (Wildman–Crippen MR) is 76.3 cm³/mol. The zero-order chi connectivity index (χ0) is 12.5. The zero-order valence-corrected chi connectivity index (χ0v) is 11.6. The summed E-state index contributed by atoms with van der Waals surface area (Å²) in [6.45, 7) is 5.14. The van der Waals surface area contributed by atoms with Gasteiger partial charge in [-0.3, -0.25) is 0 Å². The van der Waals surface area contributed by atoms with Crippen LogP contribution in [0.4, 0.5) is 5.82 Å². The van der Waals surface area contributed by atoms with E-state index >= 15 is 0 Å². The molecule has 18 heavy (non-hydrogen) atoms. The summed E-state index contributed by atoms with van der Waals surface area (Å²) in [4.78, 5) is 11.9. The van der Waals surface area contributed by atoms with Gasteiger partial charge in [0.05, 0.1) is 4.88 Å². The highest BCUT2D eigenvalue weighted by Gasteiger charge is 2.19. The standard InChI is InChI=1S/C14H17N3S/c1-3-15-13-10-5-4-6-11(10)16-14(17-13)12-8-7-9(2)18-12/h7-8H,3-6H2,1-2H3,(H,15,16,17). The molecule has 0 fully saturated rings. The van der Waals surface area contributed by atoms with Crippen molar-refractivity contribution in [3.63, 3.8) is 0 Å². The molecule has 4 heteroatoms. The average molecular weight is 259 g/mol. The summed E-state index contributed by atoms with van der Waals surface area (Å²) in [5.41, 5.74) is 2.57. The minimum Gasteiger partial charge on any atom is -0.370 e. The number of nitrogens with zero attached hydrogens (tertiary/aromatic N) is 2. The number of anilines is 1. The third-order valence-corrected chi connectivity index (χ3v) is 4.23. The lowest BCUT2D eigenvalue weighted by atomic mass is 10.2. The van der Waals surface area contributed by atoms with Crippen LogP contribution in [0.1, 0.15) is 29.5 Å². The third kappa shape index (κ3) is 2.01. The number of hydrogen-bond acceptors (Lipinski definition) is 4. The van der Waals surface area contributed by atoms with Crippen molar-refractivity contribution in [2.24, 2.45) is 0 Å². The molecule has 0 bridgehead atoms. The third-order valence-electron chi connectivity index (χ3n) is 3.24. The second kappa shape index (κ2) is 4.69. The number of thiophene rings is 1. The topological polar surface area (TPSA) is 37.8 Å². The molecule has 0 saturated carbocycles. The van der Waals surface area contributed by atoms with E-state index in [9.17, 15) is 0 Å². The molecule has 0 aliphatic heterocycles. The quantitative estimate of drug-likeness (QED) is 0.917. The summed E-state index contributed by atoms with van der Waals surface area (Å²) in [6.07, 6.45) is 3.41. The molecule has 1 N–H and O–H groups in total. The van der Waals surface area contributed by atoms with Crippen molar-refractivity contribution >= 4 is 17.2 Å². The molecule has 3 rings (SSSR count). The SMILES string of the molecule is CCNc1nc(-c2ccc(C)s2)nc2c1CCC2. The second-order valence-corrected chi connectivity index (χ2v) is 5.90. The zero-order valence-electron chi connectivity index (χ0n) is 10.8. The molecule has 0 unspecified atom stereocenters. The second-order valence-electron chi connectivity index (χ2n) is 4.62. The average Bonchev–Trinajstić information content (AvgIpc) is 2.97. The van der Waals surface area contributed by atoms with Crippen LogP contribution >= 0.6 is 11.3 Å². The lowest BCUT2D eigenvalue weighted by Gasteiger charge is -2.10. The van der Waals surface area contributed by atoms with Gasteiger partial charge in [-0.2, -0.15) is 0 Å². The van der Waals surface area contributed by atoms with E-state index in [1.165, 1.54) is 27.4 Å². The Bertz CT molecular complexity index is 574. The van der Waals surface area contributed by atoms with Gasteiger partial charge in [-0.15, -0.1) is 11.3 Å². The Morgan fingerprint density at radius 1 is 1.28 bits per heavy atom. The molecule has 0 radical (unpaired) electrons. The van der Waals surface area contributed by atoms with Gasteiger partial charge in [0.1, 0.15) is 5.82 Å². The van der Waals surface area contributed by atoms with Crippen molar-refractivity contribution in [2.45, 2.75) is 33.1 Å². The van der Waals surface area contributed by atoms with Gasteiger partial charge in [-0.25, -0.2) is 9.97 Å². The van der Waals surface area contributed by atoms with Gasteiger partial charge >= 0.3 is 0 Å². The summed E-state index contributed by atoms with van der Waals surface area (Å²) >= 11 is 1.76. The highest BCUT2D eigenvalue weighted by molar-refractivity contribution is 7.15. The van der Waals surface area contributed by atoms with Crippen LogP contribution in [-0.2, 0) is 12.8 Å². The highest BCUT2D eigenvalue weighted by Crippen LogP contribution is 2.31. The Kier molecular flexibility index (Phi) is 3.04. The van der Waals surface area contributed by atoms with Gasteiger partial charge < -0.3 is 5.32 Å². The van der Waals surface area contributed by atoms with Crippen LogP contribution in [0.25, 0.3) is 10.7 Å². The summed E-state index contributed by atoms with van der Waals surface area (Å²) in [6, 6.07) is 4.25. The Morgan fingerprint density at radius 3 is 2.89 bits per heavy atom. The summed E-state index contributed by atoms with van der Waals surface area (Å²) in [5, 5.41) is 3.38. The molecular formula is C14H17N3S. The maximum atomic E-state index is 4.74. The number of rotatable bonds is 3. The van der Waals surface area contributed by atoms with Crippen LogP contribution in [0.5, 0.6) is 0 Å². The van der Waals surface area contributed by atoms with E-state index in [1.54, 1.807) is 11.3 Å². The smallest absolute Gasteiger partial charge is 0.171 e. The number of nitrogens with one attached hydrogen (secondary N) is 1. The fourth-order valence-electron chi connectivity index (χ4n) is 2.41. The van der Waals surface area contributed by atoms with E-state index < -0.39 is 0 Å².